The van der Waals surface area contributed by atoms with Crippen molar-refractivity contribution in [1.82, 2.24) is 9.97 Å². The zero-order valence-corrected chi connectivity index (χ0v) is 11.6. The lowest BCUT2D eigenvalue weighted by atomic mass is 9.81. The van der Waals surface area contributed by atoms with E-state index < -0.39 is 11.9 Å². The Morgan fingerprint density at radius 3 is 2.85 bits per heavy atom. The molecule has 1 heterocycles. The van der Waals surface area contributed by atoms with E-state index in [-0.39, 0.29) is 5.95 Å². The van der Waals surface area contributed by atoms with Gasteiger partial charge < -0.3 is 5.32 Å². The van der Waals surface area contributed by atoms with Crippen LogP contribution in [0.5, 0.6) is 0 Å². The van der Waals surface area contributed by atoms with Crippen molar-refractivity contribution in [2.75, 3.05) is 11.9 Å². The van der Waals surface area contributed by atoms with E-state index in [4.69, 9.17) is 0 Å². The van der Waals surface area contributed by atoms with Gasteiger partial charge in [-0.3, -0.25) is 0 Å². The van der Waals surface area contributed by atoms with Crippen LogP contribution in [-0.4, -0.2) is 16.5 Å². The molecule has 1 aliphatic rings. The third kappa shape index (κ3) is 4.35. The number of nitrogens with one attached hydrogen (secondary N) is 1. The molecule has 6 heteroatoms. The van der Waals surface area contributed by atoms with Crippen molar-refractivity contribution in [3.63, 3.8) is 0 Å². The van der Waals surface area contributed by atoms with Crippen LogP contribution in [0.1, 0.15) is 44.7 Å². The SMILES string of the molecule is CC1CCCC(CCNc2nccc(C(F)(F)F)n2)C1. The van der Waals surface area contributed by atoms with Gasteiger partial charge in [0.15, 0.2) is 0 Å². The van der Waals surface area contributed by atoms with Crippen molar-refractivity contribution in [2.45, 2.75) is 45.2 Å². The smallest absolute Gasteiger partial charge is 0.354 e. The maximum Gasteiger partial charge on any atom is 0.433 e. The van der Waals surface area contributed by atoms with Gasteiger partial charge in [0.1, 0.15) is 5.69 Å². The second kappa shape index (κ2) is 6.41. The largest absolute Gasteiger partial charge is 0.433 e. The highest BCUT2D eigenvalue weighted by Gasteiger charge is 2.32. The number of anilines is 1. The molecule has 0 aliphatic heterocycles. The van der Waals surface area contributed by atoms with Crippen LogP contribution in [0.3, 0.4) is 0 Å². The van der Waals surface area contributed by atoms with Gasteiger partial charge in [-0.1, -0.05) is 26.2 Å². The number of halogens is 3. The minimum Gasteiger partial charge on any atom is -0.354 e. The highest BCUT2D eigenvalue weighted by Crippen LogP contribution is 2.30. The Balaban J connectivity index is 1.82. The molecule has 0 aromatic carbocycles. The topological polar surface area (TPSA) is 37.8 Å². The highest BCUT2D eigenvalue weighted by atomic mass is 19.4. The first-order valence-corrected chi connectivity index (χ1v) is 7.09. The van der Waals surface area contributed by atoms with Gasteiger partial charge >= 0.3 is 6.18 Å². The van der Waals surface area contributed by atoms with Crippen LogP contribution in [0.25, 0.3) is 0 Å². The Morgan fingerprint density at radius 2 is 2.15 bits per heavy atom. The summed E-state index contributed by atoms with van der Waals surface area (Å²) in [5.41, 5.74) is -0.902. The summed E-state index contributed by atoms with van der Waals surface area (Å²) in [4.78, 5) is 7.32. The molecule has 0 bridgehead atoms. The van der Waals surface area contributed by atoms with Crippen LogP contribution in [0, 0.1) is 11.8 Å². The zero-order valence-electron chi connectivity index (χ0n) is 11.6. The Labute approximate surface area is 117 Å². The third-order valence-electron chi connectivity index (χ3n) is 3.83. The minimum absolute atomic E-state index is 0.0590. The molecular weight excluding hydrogens is 267 g/mol. The van der Waals surface area contributed by atoms with E-state index in [1.54, 1.807) is 0 Å². The molecule has 1 N–H and O–H groups in total. The average molecular weight is 287 g/mol. The fourth-order valence-corrected chi connectivity index (χ4v) is 2.81. The van der Waals surface area contributed by atoms with E-state index in [2.05, 4.69) is 22.2 Å². The normalized spacial score (nSPS) is 23.6. The molecule has 2 atom stereocenters. The molecular formula is C14H20F3N3. The Kier molecular flexibility index (Phi) is 4.83. The molecule has 2 rings (SSSR count). The average Bonchev–Trinajstić information content (AvgIpc) is 2.38. The lowest BCUT2D eigenvalue weighted by molar-refractivity contribution is -0.141. The lowest BCUT2D eigenvalue weighted by Crippen LogP contribution is -2.18. The van der Waals surface area contributed by atoms with Gasteiger partial charge in [-0.2, -0.15) is 13.2 Å². The lowest BCUT2D eigenvalue weighted by Gasteiger charge is -2.26. The van der Waals surface area contributed by atoms with E-state index in [0.29, 0.717) is 12.5 Å². The minimum atomic E-state index is -4.42. The number of rotatable bonds is 4. The van der Waals surface area contributed by atoms with Gasteiger partial charge in [0, 0.05) is 12.7 Å². The predicted octanol–water partition coefficient (Wildman–Crippen LogP) is 4.12. The molecule has 0 saturated heterocycles. The summed E-state index contributed by atoms with van der Waals surface area (Å²) in [7, 11) is 0. The summed E-state index contributed by atoms with van der Waals surface area (Å²) < 4.78 is 37.5. The number of hydrogen-bond donors (Lipinski definition) is 1. The van der Waals surface area contributed by atoms with Gasteiger partial charge in [-0.05, 0) is 30.7 Å². The van der Waals surface area contributed by atoms with Crippen LogP contribution < -0.4 is 5.32 Å². The van der Waals surface area contributed by atoms with E-state index in [0.717, 1.165) is 24.6 Å². The van der Waals surface area contributed by atoms with Gasteiger partial charge in [0.2, 0.25) is 5.95 Å². The molecule has 1 aromatic rings. The first-order chi connectivity index (χ1) is 9.45. The summed E-state index contributed by atoms with van der Waals surface area (Å²) in [6.45, 7) is 2.88. The zero-order chi connectivity index (χ0) is 14.6. The molecule has 1 fully saturated rings. The number of aromatic nitrogens is 2. The van der Waals surface area contributed by atoms with Crippen molar-refractivity contribution in [1.29, 1.82) is 0 Å². The van der Waals surface area contributed by atoms with Crippen LogP contribution in [0.15, 0.2) is 12.3 Å². The maximum atomic E-state index is 12.5. The van der Waals surface area contributed by atoms with Gasteiger partial charge in [0.25, 0.3) is 0 Å². The van der Waals surface area contributed by atoms with Crippen molar-refractivity contribution >= 4 is 5.95 Å². The number of hydrogen-bond acceptors (Lipinski definition) is 3. The van der Waals surface area contributed by atoms with E-state index >= 15 is 0 Å². The molecule has 0 spiro atoms. The van der Waals surface area contributed by atoms with E-state index in [9.17, 15) is 13.2 Å². The fraction of sp³-hybridized carbons (Fsp3) is 0.714. The van der Waals surface area contributed by atoms with Gasteiger partial charge in [-0.25, -0.2) is 9.97 Å². The Hall–Kier alpha value is -1.33. The summed E-state index contributed by atoms with van der Waals surface area (Å²) in [6, 6.07) is 0.883. The van der Waals surface area contributed by atoms with Crippen LogP contribution in [0.2, 0.25) is 0 Å². The summed E-state index contributed by atoms with van der Waals surface area (Å²) in [6.07, 6.45) is 2.66. The second-order valence-electron chi connectivity index (χ2n) is 5.62. The van der Waals surface area contributed by atoms with E-state index in [1.807, 2.05) is 0 Å². The van der Waals surface area contributed by atoms with Crippen LogP contribution in [0.4, 0.5) is 19.1 Å². The first kappa shape index (κ1) is 15.1. The standard InChI is InChI=1S/C14H20F3N3/c1-10-3-2-4-11(9-10)5-7-18-13-19-8-6-12(20-13)14(15,16)17/h6,8,10-11H,2-5,7,9H2,1H3,(H,18,19,20). The second-order valence-corrected chi connectivity index (χ2v) is 5.62. The van der Waals surface area contributed by atoms with Crippen LogP contribution in [-0.2, 0) is 6.18 Å². The molecule has 1 aromatic heterocycles. The van der Waals surface area contributed by atoms with Crippen molar-refractivity contribution in [3.05, 3.63) is 18.0 Å². The first-order valence-electron chi connectivity index (χ1n) is 7.09. The molecule has 112 valence electrons. The Morgan fingerprint density at radius 1 is 1.35 bits per heavy atom. The van der Waals surface area contributed by atoms with Crippen LogP contribution >= 0.6 is 0 Å². The summed E-state index contributed by atoms with van der Waals surface area (Å²) >= 11 is 0. The van der Waals surface area contributed by atoms with E-state index in [1.165, 1.54) is 25.7 Å². The summed E-state index contributed by atoms with van der Waals surface area (Å²) in [5.74, 6) is 1.49. The molecule has 0 radical (unpaired) electrons. The van der Waals surface area contributed by atoms with Crippen molar-refractivity contribution in [2.24, 2.45) is 11.8 Å². The number of alkyl halides is 3. The monoisotopic (exact) mass is 287 g/mol. The molecule has 2 unspecified atom stereocenters. The van der Waals surface area contributed by atoms with Gasteiger partial charge in [0.05, 0.1) is 0 Å². The molecule has 3 nitrogen and oxygen atoms in total. The molecule has 1 saturated carbocycles. The molecule has 20 heavy (non-hydrogen) atoms. The molecule has 0 amide bonds. The maximum absolute atomic E-state index is 12.5. The Bertz CT molecular complexity index is 434. The fourth-order valence-electron chi connectivity index (χ4n) is 2.81. The van der Waals surface area contributed by atoms with Crippen molar-refractivity contribution < 1.29 is 13.2 Å². The predicted molar refractivity (Wildman–Crippen MR) is 71.3 cm³/mol. The molecule has 1 aliphatic carbocycles. The quantitative estimate of drug-likeness (QED) is 0.905. The third-order valence-corrected chi connectivity index (χ3v) is 3.83. The van der Waals surface area contributed by atoms with Gasteiger partial charge in [-0.15, -0.1) is 0 Å². The highest BCUT2D eigenvalue weighted by molar-refractivity contribution is 5.25. The number of nitrogens with zero attached hydrogens (tertiary/aromatic N) is 2. The summed E-state index contributed by atoms with van der Waals surface area (Å²) in [5, 5.41) is 2.90. The van der Waals surface area contributed by atoms with Crippen molar-refractivity contribution in [3.8, 4) is 0 Å².